The summed E-state index contributed by atoms with van der Waals surface area (Å²) in [5, 5.41) is 0. The zero-order chi connectivity index (χ0) is 22.5. The number of ether oxygens (including phenoxy) is 3. The maximum atomic E-state index is 13.1. The zero-order valence-corrected chi connectivity index (χ0v) is 19.5. The Morgan fingerprint density at radius 1 is 1.23 bits per heavy atom. The van der Waals surface area contributed by atoms with Crippen LogP contribution in [-0.4, -0.2) is 32.3 Å². The number of aryl methyl sites for hydroxylation is 2. The smallest absolute Gasteiger partial charge is 0.497 e. The van der Waals surface area contributed by atoms with Gasteiger partial charge < -0.3 is 24.8 Å². The van der Waals surface area contributed by atoms with Crippen LogP contribution in [0.25, 0.3) is 0 Å². The Morgan fingerprint density at radius 3 is 2.68 bits per heavy atom. The summed E-state index contributed by atoms with van der Waals surface area (Å²) < 4.78 is 16.0. The molecule has 31 heavy (non-hydrogen) atoms. The molecular formula is C23H27BrN2O5. The van der Waals surface area contributed by atoms with Gasteiger partial charge in [-0.15, -0.1) is 0 Å². The highest BCUT2D eigenvalue weighted by Gasteiger charge is 2.26. The highest BCUT2D eigenvalue weighted by Crippen LogP contribution is 2.34. The van der Waals surface area contributed by atoms with E-state index in [1.54, 1.807) is 31.1 Å². The lowest BCUT2D eigenvalue weighted by Crippen LogP contribution is -2.37. The van der Waals surface area contributed by atoms with Crippen molar-refractivity contribution in [3.63, 3.8) is 0 Å². The number of halogens is 1. The first kappa shape index (κ1) is 23.1. The minimum Gasteiger partial charge on any atom is -0.497 e. The number of hydrogen-bond acceptors (Lipinski definition) is 6. The van der Waals surface area contributed by atoms with Gasteiger partial charge >= 0.3 is 6.16 Å². The van der Waals surface area contributed by atoms with E-state index in [1.165, 1.54) is 0 Å². The molecule has 1 atom stereocenters. The molecule has 7 nitrogen and oxygen atoms in total. The van der Waals surface area contributed by atoms with E-state index in [1.807, 2.05) is 25.1 Å². The van der Waals surface area contributed by atoms with Gasteiger partial charge in [-0.3, -0.25) is 4.79 Å². The fraction of sp³-hybridized carbons (Fsp3) is 0.391. The topological polar surface area (TPSA) is 91.1 Å². The van der Waals surface area contributed by atoms with Crippen LogP contribution in [0.1, 0.15) is 42.5 Å². The van der Waals surface area contributed by atoms with Crippen LogP contribution in [0.15, 0.2) is 34.8 Å². The number of amides is 1. The Balaban J connectivity index is 1.75. The molecule has 0 fully saturated rings. The van der Waals surface area contributed by atoms with Gasteiger partial charge in [-0.25, -0.2) is 4.79 Å². The van der Waals surface area contributed by atoms with Crippen LogP contribution in [0.5, 0.6) is 11.5 Å². The zero-order valence-electron chi connectivity index (χ0n) is 17.9. The van der Waals surface area contributed by atoms with Crippen molar-refractivity contribution in [1.29, 1.82) is 0 Å². The van der Waals surface area contributed by atoms with E-state index in [0.717, 1.165) is 41.0 Å². The molecular weight excluding hydrogens is 464 g/mol. The summed E-state index contributed by atoms with van der Waals surface area (Å²) in [5.41, 5.74) is 10.1. The predicted octanol–water partition coefficient (Wildman–Crippen LogP) is 4.67. The lowest BCUT2D eigenvalue weighted by atomic mass is 9.97. The maximum absolute atomic E-state index is 13.1. The first-order valence-corrected chi connectivity index (χ1v) is 11.0. The highest BCUT2D eigenvalue weighted by atomic mass is 79.9. The summed E-state index contributed by atoms with van der Waals surface area (Å²) in [7, 11) is 1.63. The van der Waals surface area contributed by atoms with Crippen molar-refractivity contribution in [2.45, 2.75) is 39.2 Å². The molecule has 0 bridgehead atoms. The summed E-state index contributed by atoms with van der Waals surface area (Å²) in [6.45, 7) is 4.47. The Labute approximate surface area is 190 Å². The number of methoxy groups -OCH3 is 1. The van der Waals surface area contributed by atoms with E-state index in [0.29, 0.717) is 16.8 Å². The molecule has 1 heterocycles. The molecule has 3 rings (SSSR count). The molecule has 2 aromatic carbocycles. The number of rotatable bonds is 6. The Morgan fingerprint density at radius 2 is 2.00 bits per heavy atom. The monoisotopic (exact) mass is 490 g/mol. The summed E-state index contributed by atoms with van der Waals surface area (Å²) in [6.07, 6.45) is 1.20. The van der Waals surface area contributed by atoms with E-state index in [4.69, 9.17) is 19.9 Å². The largest absolute Gasteiger partial charge is 0.513 e. The van der Waals surface area contributed by atoms with Gasteiger partial charge in [0.2, 0.25) is 5.91 Å². The van der Waals surface area contributed by atoms with E-state index >= 15 is 0 Å². The quantitative estimate of drug-likeness (QED) is 0.467. The van der Waals surface area contributed by atoms with Crippen molar-refractivity contribution in [3.05, 3.63) is 51.5 Å². The Hall–Kier alpha value is -2.58. The fourth-order valence-corrected chi connectivity index (χ4v) is 4.69. The molecule has 1 aliphatic rings. The number of nitrogens with two attached hydrogens (primary N) is 1. The van der Waals surface area contributed by atoms with Crippen molar-refractivity contribution < 1.29 is 23.8 Å². The van der Waals surface area contributed by atoms with Crippen LogP contribution < -0.4 is 20.1 Å². The third kappa shape index (κ3) is 5.37. The molecule has 1 amide bonds. The van der Waals surface area contributed by atoms with Crippen LogP contribution in [0.2, 0.25) is 0 Å². The third-order valence-electron chi connectivity index (χ3n) is 5.24. The summed E-state index contributed by atoms with van der Waals surface area (Å²) in [4.78, 5) is 26.5. The number of hydrogen-bond donors (Lipinski definition) is 1. The van der Waals surface area contributed by atoms with Gasteiger partial charge in [0.15, 0.2) is 0 Å². The van der Waals surface area contributed by atoms with Crippen LogP contribution in [0.3, 0.4) is 0 Å². The van der Waals surface area contributed by atoms with E-state index < -0.39 is 12.2 Å². The molecule has 0 aromatic heterocycles. The average Bonchev–Trinajstić information content (AvgIpc) is 2.72. The third-order valence-corrected chi connectivity index (χ3v) is 5.90. The molecule has 0 saturated heterocycles. The van der Waals surface area contributed by atoms with E-state index in [-0.39, 0.29) is 18.9 Å². The SMILES string of the molecule is CCOC(=O)Oc1cc(C)c(C(N)CC(=O)N2CCCc3cc(OC)ccc32)c(Br)c1. The van der Waals surface area contributed by atoms with E-state index in [9.17, 15) is 9.59 Å². The molecule has 0 radical (unpaired) electrons. The minimum atomic E-state index is -0.763. The van der Waals surface area contributed by atoms with Crippen LogP contribution in [0, 0.1) is 6.92 Å². The number of nitrogens with zero attached hydrogens (tertiary/aromatic N) is 1. The lowest BCUT2D eigenvalue weighted by Gasteiger charge is -2.31. The Kier molecular flexibility index (Phi) is 7.56. The van der Waals surface area contributed by atoms with Crippen molar-refractivity contribution in [3.8, 4) is 11.5 Å². The lowest BCUT2D eigenvalue weighted by molar-refractivity contribution is -0.119. The molecule has 166 valence electrons. The number of carbonyl (C=O) groups is 2. The van der Waals surface area contributed by atoms with Gasteiger partial charge in [0.05, 0.1) is 13.7 Å². The average molecular weight is 491 g/mol. The summed E-state index contributed by atoms with van der Waals surface area (Å²) in [6, 6.07) is 8.64. The molecule has 1 unspecified atom stereocenters. The molecule has 0 aliphatic carbocycles. The van der Waals surface area contributed by atoms with Crippen molar-refractivity contribution in [2.24, 2.45) is 5.73 Å². The van der Waals surface area contributed by atoms with Crippen molar-refractivity contribution in [1.82, 2.24) is 0 Å². The van der Waals surface area contributed by atoms with Crippen LogP contribution in [0.4, 0.5) is 10.5 Å². The first-order valence-electron chi connectivity index (χ1n) is 10.2. The molecule has 2 aromatic rings. The van der Waals surface area contributed by atoms with Gasteiger partial charge in [-0.1, -0.05) is 15.9 Å². The normalized spacial score (nSPS) is 13.9. The van der Waals surface area contributed by atoms with Gasteiger partial charge in [-0.05, 0) is 73.7 Å². The number of anilines is 1. The Bertz CT molecular complexity index is 955. The fourth-order valence-electron chi connectivity index (χ4n) is 3.86. The number of benzene rings is 2. The van der Waals surface area contributed by atoms with Gasteiger partial charge in [0, 0.05) is 29.2 Å². The second kappa shape index (κ2) is 10.2. The number of fused-ring (bicyclic) bond motifs is 1. The standard InChI is InChI=1S/C23H27BrN2O5/c1-4-30-23(28)31-17-10-14(2)22(18(24)12-17)19(25)13-21(27)26-9-5-6-15-11-16(29-3)7-8-20(15)26/h7-8,10-12,19H,4-6,9,13,25H2,1-3H3. The second-order valence-corrected chi connectivity index (χ2v) is 8.23. The van der Waals surface area contributed by atoms with Crippen LogP contribution >= 0.6 is 15.9 Å². The molecule has 0 spiro atoms. The van der Waals surface area contributed by atoms with E-state index in [2.05, 4.69) is 15.9 Å². The molecule has 1 aliphatic heterocycles. The van der Waals surface area contributed by atoms with Gasteiger partial charge in [0.1, 0.15) is 11.5 Å². The van der Waals surface area contributed by atoms with Gasteiger partial charge in [0.25, 0.3) is 0 Å². The summed E-state index contributed by atoms with van der Waals surface area (Å²) >= 11 is 3.50. The first-order chi connectivity index (χ1) is 14.8. The number of carbonyl (C=O) groups excluding carboxylic acids is 2. The van der Waals surface area contributed by atoms with Crippen molar-refractivity contribution in [2.75, 3.05) is 25.2 Å². The highest BCUT2D eigenvalue weighted by molar-refractivity contribution is 9.10. The van der Waals surface area contributed by atoms with Crippen molar-refractivity contribution >= 4 is 33.7 Å². The second-order valence-electron chi connectivity index (χ2n) is 7.37. The molecule has 0 saturated carbocycles. The minimum absolute atomic E-state index is 0.0308. The maximum Gasteiger partial charge on any atom is 0.513 e. The summed E-state index contributed by atoms with van der Waals surface area (Å²) in [5.74, 6) is 1.11. The predicted molar refractivity (Wildman–Crippen MR) is 122 cm³/mol. The molecule has 2 N–H and O–H groups in total. The molecule has 8 heteroatoms. The van der Waals surface area contributed by atoms with Gasteiger partial charge in [-0.2, -0.15) is 0 Å². The van der Waals surface area contributed by atoms with Crippen LogP contribution in [-0.2, 0) is 16.0 Å².